The van der Waals surface area contributed by atoms with E-state index in [0.29, 0.717) is 17.0 Å². The third-order valence-corrected chi connectivity index (χ3v) is 3.70. The Hall–Kier alpha value is -2.80. The predicted octanol–water partition coefficient (Wildman–Crippen LogP) is 2.64. The number of nitrogen functional groups attached to an aromatic ring is 1. The monoisotopic (exact) mass is 336 g/mol. The van der Waals surface area contributed by atoms with Crippen LogP contribution < -0.4 is 5.73 Å². The minimum absolute atomic E-state index is 0.0348. The van der Waals surface area contributed by atoms with Crippen molar-refractivity contribution < 1.29 is 23.2 Å². The summed E-state index contributed by atoms with van der Waals surface area (Å²) >= 11 is 5.71. The highest BCUT2D eigenvalue weighted by atomic mass is 35.5. The zero-order valence-electron chi connectivity index (χ0n) is 11.3. The third kappa shape index (κ3) is 2.17. The maximum Gasteiger partial charge on any atom is 0.270 e. The van der Waals surface area contributed by atoms with Gasteiger partial charge in [0.05, 0.1) is 21.7 Å². The van der Waals surface area contributed by atoms with Gasteiger partial charge in [0.1, 0.15) is 0 Å². The van der Waals surface area contributed by atoms with E-state index in [4.69, 9.17) is 17.3 Å². The lowest BCUT2D eigenvalue weighted by Crippen LogP contribution is -2.36. The van der Waals surface area contributed by atoms with Crippen molar-refractivity contribution in [3.8, 4) is 0 Å². The maximum absolute atomic E-state index is 13.3. The lowest BCUT2D eigenvalue weighted by molar-refractivity contribution is 0.0566. The largest absolute Gasteiger partial charge is 0.398 e. The number of nitrogens with zero attached hydrogens (tertiary/aromatic N) is 1. The zero-order chi connectivity index (χ0) is 16.9. The molecule has 2 N–H and O–H groups in total. The molecule has 8 heteroatoms. The molecule has 116 valence electrons. The Morgan fingerprint density at radius 2 is 1.74 bits per heavy atom. The van der Waals surface area contributed by atoms with Gasteiger partial charge in [-0.15, -0.1) is 0 Å². The number of nitrogens with two attached hydrogens (primary N) is 1. The van der Waals surface area contributed by atoms with Gasteiger partial charge in [0, 0.05) is 5.69 Å². The van der Waals surface area contributed by atoms with Crippen LogP contribution in [0.2, 0.25) is 5.02 Å². The van der Waals surface area contributed by atoms with Gasteiger partial charge in [-0.25, -0.2) is 13.7 Å². The van der Waals surface area contributed by atoms with Gasteiger partial charge >= 0.3 is 0 Å². The molecule has 0 spiro atoms. The molecule has 0 aliphatic carbocycles. The Morgan fingerprint density at radius 1 is 1.09 bits per heavy atom. The Bertz CT molecular complexity index is 899. The van der Waals surface area contributed by atoms with E-state index in [9.17, 15) is 23.2 Å². The third-order valence-electron chi connectivity index (χ3n) is 3.39. The van der Waals surface area contributed by atoms with Gasteiger partial charge in [0.25, 0.3) is 17.7 Å². The highest BCUT2D eigenvalue weighted by Crippen LogP contribution is 2.30. The van der Waals surface area contributed by atoms with Gasteiger partial charge in [-0.2, -0.15) is 0 Å². The van der Waals surface area contributed by atoms with Crippen LogP contribution >= 0.6 is 11.6 Å². The van der Waals surface area contributed by atoms with E-state index >= 15 is 0 Å². The molecule has 0 bridgehead atoms. The molecule has 0 atom stereocenters. The Kier molecular flexibility index (Phi) is 3.37. The van der Waals surface area contributed by atoms with E-state index in [2.05, 4.69) is 0 Å². The Labute approximate surface area is 133 Å². The van der Waals surface area contributed by atoms with Crippen LogP contribution in [0.4, 0.5) is 14.5 Å². The average molecular weight is 337 g/mol. The second-order valence-corrected chi connectivity index (χ2v) is 5.17. The summed E-state index contributed by atoms with van der Waals surface area (Å²) in [6.07, 6.45) is 0. The first-order valence-corrected chi connectivity index (χ1v) is 6.67. The van der Waals surface area contributed by atoms with Crippen LogP contribution in [0, 0.1) is 11.6 Å². The summed E-state index contributed by atoms with van der Waals surface area (Å²) < 4.78 is 26.4. The molecule has 5 nitrogen and oxygen atoms in total. The smallest absolute Gasteiger partial charge is 0.270 e. The fraction of sp³-hybridized carbons (Fsp3) is 0. The molecule has 0 radical (unpaired) electrons. The minimum atomic E-state index is -1.33. The molecule has 2 aromatic rings. The first-order chi connectivity index (χ1) is 10.8. The molecule has 0 saturated carbocycles. The van der Waals surface area contributed by atoms with Crippen LogP contribution in [-0.2, 0) is 0 Å². The Balaban J connectivity index is 2.09. The normalized spacial score (nSPS) is 13.4. The van der Waals surface area contributed by atoms with Crippen molar-refractivity contribution in [2.75, 3.05) is 5.73 Å². The highest BCUT2D eigenvalue weighted by molar-refractivity contribution is 6.37. The fourth-order valence-electron chi connectivity index (χ4n) is 2.30. The number of fused-ring (bicyclic) bond motifs is 1. The van der Waals surface area contributed by atoms with Gasteiger partial charge in [-0.1, -0.05) is 17.7 Å². The number of imide groups is 3. The molecule has 3 rings (SSSR count). The average Bonchev–Trinajstić information content (AvgIpc) is 2.75. The molecular weight excluding hydrogens is 330 g/mol. The van der Waals surface area contributed by atoms with Crippen LogP contribution in [0.1, 0.15) is 31.1 Å². The fourth-order valence-corrected chi connectivity index (χ4v) is 2.53. The summed E-state index contributed by atoms with van der Waals surface area (Å²) in [5.74, 6) is -5.57. The van der Waals surface area contributed by atoms with Crippen LogP contribution in [0.5, 0.6) is 0 Å². The minimum Gasteiger partial charge on any atom is -0.398 e. The number of hydrogen-bond donors (Lipinski definition) is 1. The van der Waals surface area contributed by atoms with E-state index in [0.717, 1.165) is 0 Å². The molecule has 0 fully saturated rings. The molecule has 2 aromatic carbocycles. The Morgan fingerprint density at radius 3 is 2.39 bits per heavy atom. The molecule has 23 heavy (non-hydrogen) atoms. The SMILES string of the molecule is Nc1cccc2c1C(=O)N(C(=O)c1cc(F)c(F)cc1Cl)C2=O. The van der Waals surface area contributed by atoms with Crippen LogP contribution in [0.15, 0.2) is 30.3 Å². The number of halogens is 3. The van der Waals surface area contributed by atoms with Gasteiger partial charge in [-0.3, -0.25) is 14.4 Å². The molecule has 0 aromatic heterocycles. The summed E-state index contributed by atoms with van der Waals surface area (Å²) in [5.41, 5.74) is 5.04. The number of hydrogen-bond acceptors (Lipinski definition) is 4. The number of carbonyl (C=O) groups excluding carboxylic acids is 3. The summed E-state index contributed by atoms with van der Waals surface area (Å²) in [6.45, 7) is 0. The van der Waals surface area contributed by atoms with Crippen molar-refractivity contribution in [1.82, 2.24) is 4.90 Å². The van der Waals surface area contributed by atoms with Crippen LogP contribution in [0.3, 0.4) is 0 Å². The lowest BCUT2D eigenvalue weighted by Gasteiger charge is -2.13. The number of anilines is 1. The van der Waals surface area contributed by atoms with E-state index in [-0.39, 0.29) is 16.8 Å². The van der Waals surface area contributed by atoms with Crippen molar-refractivity contribution in [3.05, 3.63) is 63.7 Å². The summed E-state index contributed by atoms with van der Waals surface area (Å²) in [4.78, 5) is 37.3. The molecule has 1 heterocycles. The summed E-state index contributed by atoms with van der Waals surface area (Å²) in [5, 5.41) is -0.418. The molecule has 1 aliphatic heterocycles. The van der Waals surface area contributed by atoms with Gasteiger partial charge < -0.3 is 5.73 Å². The number of carbonyl (C=O) groups is 3. The van der Waals surface area contributed by atoms with Crippen molar-refractivity contribution >= 4 is 35.0 Å². The highest BCUT2D eigenvalue weighted by Gasteiger charge is 2.42. The van der Waals surface area contributed by atoms with E-state index in [1.165, 1.54) is 18.2 Å². The second-order valence-electron chi connectivity index (χ2n) is 4.77. The summed E-state index contributed by atoms with van der Waals surface area (Å²) in [7, 11) is 0. The van der Waals surface area contributed by atoms with Crippen molar-refractivity contribution in [2.45, 2.75) is 0 Å². The first-order valence-electron chi connectivity index (χ1n) is 6.29. The standard InChI is InChI=1S/C15H7ClF2N2O3/c16-8-5-10(18)9(17)4-7(8)14(22)20-13(21)6-2-1-3-11(19)12(6)15(20)23/h1-5H,19H2. The number of amides is 3. The van der Waals surface area contributed by atoms with Crippen LogP contribution in [-0.4, -0.2) is 22.6 Å². The van der Waals surface area contributed by atoms with E-state index < -0.39 is 39.9 Å². The molecular formula is C15H7ClF2N2O3. The molecule has 3 amide bonds. The predicted molar refractivity (Wildman–Crippen MR) is 77.1 cm³/mol. The van der Waals surface area contributed by atoms with Crippen molar-refractivity contribution in [2.24, 2.45) is 0 Å². The first kappa shape index (κ1) is 15.1. The van der Waals surface area contributed by atoms with Crippen molar-refractivity contribution in [1.29, 1.82) is 0 Å². The lowest BCUT2D eigenvalue weighted by atomic mass is 10.1. The molecule has 0 saturated heterocycles. The quantitative estimate of drug-likeness (QED) is 0.493. The van der Waals surface area contributed by atoms with Gasteiger partial charge in [0.2, 0.25) is 0 Å². The van der Waals surface area contributed by atoms with E-state index in [1.54, 1.807) is 0 Å². The van der Waals surface area contributed by atoms with Crippen molar-refractivity contribution in [3.63, 3.8) is 0 Å². The van der Waals surface area contributed by atoms with Gasteiger partial charge in [0.15, 0.2) is 11.6 Å². The molecule has 0 unspecified atom stereocenters. The number of rotatable bonds is 1. The zero-order valence-corrected chi connectivity index (χ0v) is 12.0. The summed E-state index contributed by atoms with van der Waals surface area (Å²) in [6, 6.07) is 5.33. The van der Waals surface area contributed by atoms with Crippen LogP contribution in [0.25, 0.3) is 0 Å². The van der Waals surface area contributed by atoms with Gasteiger partial charge in [-0.05, 0) is 24.3 Å². The van der Waals surface area contributed by atoms with E-state index in [1.807, 2.05) is 0 Å². The topological polar surface area (TPSA) is 80.5 Å². The second kappa shape index (κ2) is 5.13. The number of benzene rings is 2. The molecule has 1 aliphatic rings. The maximum atomic E-state index is 13.3.